The van der Waals surface area contributed by atoms with E-state index >= 15 is 0 Å². The van der Waals surface area contributed by atoms with Gasteiger partial charge in [0.2, 0.25) is 0 Å². The fourth-order valence-electron chi connectivity index (χ4n) is 2.29. The van der Waals surface area contributed by atoms with Gasteiger partial charge in [0.1, 0.15) is 12.4 Å². The number of aryl methyl sites for hydroxylation is 2. The second kappa shape index (κ2) is 5.21. The molecule has 0 radical (unpaired) electrons. The number of carbonyl (C=O) groups excluding carboxylic acids is 1. The zero-order chi connectivity index (χ0) is 14.0. The molecule has 1 unspecified atom stereocenters. The molecule has 0 saturated heterocycles. The van der Waals surface area contributed by atoms with Gasteiger partial charge in [-0.3, -0.25) is 0 Å². The first kappa shape index (κ1) is 13.9. The molecule has 4 nitrogen and oxygen atoms in total. The van der Waals surface area contributed by atoms with Crippen LogP contribution in [-0.4, -0.2) is 25.2 Å². The summed E-state index contributed by atoms with van der Waals surface area (Å²) in [5, 5.41) is 0. The Balaban J connectivity index is 2.09. The normalized spacial score (nSPS) is 17.7. The van der Waals surface area contributed by atoms with Crippen molar-refractivity contribution in [1.82, 2.24) is 0 Å². The molecule has 4 heteroatoms. The average molecular weight is 263 g/mol. The number of benzene rings is 1. The van der Waals surface area contributed by atoms with Gasteiger partial charge < -0.3 is 15.2 Å². The molecule has 1 aliphatic rings. The van der Waals surface area contributed by atoms with E-state index in [1.54, 1.807) is 0 Å². The summed E-state index contributed by atoms with van der Waals surface area (Å²) in [4.78, 5) is 11.8. The molecule has 0 bridgehead atoms. The SMILES string of the molecule is COC(=O)C(N)(COc1ccc(C)cc1C)C1CC1. The van der Waals surface area contributed by atoms with Gasteiger partial charge in [0.05, 0.1) is 7.11 Å². The van der Waals surface area contributed by atoms with Gasteiger partial charge in [0.25, 0.3) is 0 Å². The lowest BCUT2D eigenvalue weighted by molar-refractivity contribution is -0.149. The quantitative estimate of drug-likeness (QED) is 0.825. The van der Waals surface area contributed by atoms with Crippen LogP contribution in [0.15, 0.2) is 18.2 Å². The highest BCUT2D eigenvalue weighted by Crippen LogP contribution is 2.39. The second-order valence-electron chi connectivity index (χ2n) is 5.36. The van der Waals surface area contributed by atoms with Gasteiger partial charge in [-0.2, -0.15) is 0 Å². The predicted octanol–water partition coefficient (Wildman–Crippen LogP) is 1.96. The number of esters is 1. The fourth-order valence-corrected chi connectivity index (χ4v) is 2.29. The zero-order valence-corrected chi connectivity index (χ0v) is 11.7. The number of nitrogens with two attached hydrogens (primary N) is 1. The highest BCUT2D eigenvalue weighted by Gasteiger charge is 2.49. The fraction of sp³-hybridized carbons (Fsp3) is 0.533. The third-order valence-corrected chi connectivity index (χ3v) is 3.67. The molecule has 0 spiro atoms. The second-order valence-corrected chi connectivity index (χ2v) is 5.36. The van der Waals surface area contributed by atoms with Gasteiger partial charge in [-0.05, 0) is 44.2 Å². The first-order chi connectivity index (χ1) is 8.97. The van der Waals surface area contributed by atoms with Crippen LogP contribution in [0, 0.1) is 19.8 Å². The standard InChI is InChI=1S/C15H21NO3/c1-10-4-7-13(11(2)8-10)19-9-15(16,12-5-6-12)14(17)18-3/h4,7-8,12H,5-6,9,16H2,1-3H3. The topological polar surface area (TPSA) is 61.5 Å². The molecule has 0 amide bonds. The Morgan fingerprint density at radius 3 is 2.63 bits per heavy atom. The molecule has 1 saturated carbocycles. The van der Waals surface area contributed by atoms with Crippen molar-refractivity contribution < 1.29 is 14.3 Å². The Labute approximate surface area is 113 Å². The van der Waals surface area contributed by atoms with Crippen LogP contribution in [0.25, 0.3) is 0 Å². The maximum absolute atomic E-state index is 11.8. The number of rotatable bonds is 5. The molecule has 104 valence electrons. The maximum atomic E-state index is 11.8. The molecule has 1 fully saturated rings. The van der Waals surface area contributed by atoms with Crippen molar-refractivity contribution in [3.63, 3.8) is 0 Å². The van der Waals surface area contributed by atoms with Crippen molar-refractivity contribution in [2.24, 2.45) is 11.7 Å². The summed E-state index contributed by atoms with van der Waals surface area (Å²) >= 11 is 0. The molecule has 0 aromatic heterocycles. The van der Waals surface area contributed by atoms with Gasteiger partial charge in [-0.15, -0.1) is 0 Å². The molecular formula is C15H21NO3. The average Bonchev–Trinajstić information content (AvgIpc) is 3.21. The number of hydrogen-bond donors (Lipinski definition) is 1. The van der Waals surface area contributed by atoms with E-state index < -0.39 is 5.54 Å². The highest BCUT2D eigenvalue weighted by atomic mass is 16.5. The number of methoxy groups -OCH3 is 1. The van der Waals surface area contributed by atoms with Crippen LogP contribution >= 0.6 is 0 Å². The van der Waals surface area contributed by atoms with Crippen LogP contribution in [0.2, 0.25) is 0 Å². The maximum Gasteiger partial charge on any atom is 0.329 e. The highest BCUT2D eigenvalue weighted by molar-refractivity contribution is 5.81. The van der Waals surface area contributed by atoms with Gasteiger partial charge in [-0.1, -0.05) is 17.7 Å². The van der Waals surface area contributed by atoms with Crippen molar-refractivity contribution in [1.29, 1.82) is 0 Å². The van der Waals surface area contributed by atoms with Gasteiger partial charge >= 0.3 is 5.97 Å². The van der Waals surface area contributed by atoms with Crippen LogP contribution in [0.4, 0.5) is 0 Å². The molecule has 1 aromatic carbocycles. The largest absolute Gasteiger partial charge is 0.491 e. The Kier molecular flexibility index (Phi) is 3.80. The van der Waals surface area contributed by atoms with Crippen molar-refractivity contribution in [3.8, 4) is 5.75 Å². The van der Waals surface area contributed by atoms with E-state index in [1.807, 2.05) is 32.0 Å². The van der Waals surface area contributed by atoms with Crippen molar-refractivity contribution in [3.05, 3.63) is 29.3 Å². The summed E-state index contributed by atoms with van der Waals surface area (Å²) in [6.45, 7) is 4.17. The summed E-state index contributed by atoms with van der Waals surface area (Å²) in [7, 11) is 1.36. The zero-order valence-electron chi connectivity index (χ0n) is 11.7. The van der Waals surface area contributed by atoms with E-state index in [0.717, 1.165) is 24.2 Å². The van der Waals surface area contributed by atoms with Gasteiger partial charge in [0, 0.05) is 0 Å². The van der Waals surface area contributed by atoms with Crippen LogP contribution < -0.4 is 10.5 Å². The third kappa shape index (κ3) is 2.89. The number of carbonyl (C=O) groups is 1. The Morgan fingerprint density at radius 2 is 2.11 bits per heavy atom. The van der Waals surface area contributed by atoms with Crippen LogP contribution in [0.3, 0.4) is 0 Å². The van der Waals surface area contributed by atoms with E-state index in [4.69, 9.17) is 15.2 Å². The van der Waals surface area contributed by atoms with Gasteiger partial charge in [0.15, 0.2) is 5.54 Å². The van der Waals surface area contributed by atoms with Crippen LogP contribution in [-0.2, 0) is 9.53 Å². The van der Waals surface area contributed by atoms with Crippen LogP contribution in [0.1, 0.15) is 24.0 Å². The summed E-state index contributed by atoms with van der Waals surface area (Å²) in [6.07, 6.45) is 1.92. The van der Waals surface area contributed by atoms with E-state index in [9.17, 15) is 4.79 Å². The van der Waals surface area contributed by atoms with Crippen molar-refractivity contribution in [2.45, 2.75) is 32.2 Å². The molecule has 2 N–H and O–H groups in total. The molecular weight excluding hydrogens is 242 g/mol. The summed E-state index contributed by atoms with van der Waals surface area (Å²) in [6, 6.07) is 5.94. The predicted molar refractivity (Wildman–Crippen MR) is 73.1 cm³/mol. The third-order valence-electron chi connectivity index (χ3n) is 3.67. The molecule has 1 aliphatic carbocycles. The molecule has 2 rings (SSSR count). The minimum atomic E-state index is -1.02. The Hall–Kier alpha value is -1.55. The Morgan fingerprint density at radius 1 is 1.42 bits per heavy atom. The smallest absolute Gasteiger partial charge is 0.329 e. The lowest BCUT2D eigenvalue weighted by atomic mass is 9.96. The lowest BCUT2D eigenvalue weighted by Crippen LogP contribution is -2.55. The summed E-state index contributed by atoms with van der Waals surface area (Å²) < 4.78 is 10.6. The van der Waals surface area contributed by atoms with Crippen LogP contribution in [0.5, 0.6) is 5.75 Å². The first-order valence-electron chi connectivity index (χ1n) is 6.54. The van der Waals surface area contributed by atoms with Crippen molar-refractivity contribution in [2.75, 3.05) is 13.7 Å². The minimum Gasteiger partial charge on any atom is -0.491 e. The van der Waals surface area contributed by atoms with E-state index in [2.05, 4.69) is 0 Å². The van der Waals surface area contributed by atoms with E-state index in [0.29, 0.717) is 0 Å². The number of ether oxygens (including phenoxy) is 2. The first-order valence-corrected chi connectivity index (χ1v) is 6.54. The molecule has 19 heavy (non-hydrogen) atoms. The monoisotopic (exact) mass is 263 g/mol. The van der Waals surface area contributed by atoms with E-state index in [-0.39, 0.29) is 18.5 Å². The Bertz CT molecular complexity index is 482. The summed E-state index contributed by atoms with van der Waals surface area (Å²) in [5.41, 5.74) is 7.39. The van der Waals surface area contributed by atoms with Crippen molar-refractivity contribution >= 4 is 5.97 Å². The molecule has 0 heterocycles. The molecule has 0 aliphatic heterocycles. The number of hydrogen-bond acceptors (Lipinski definition) is 4. The molecule has 1 atom stereocenters. The summed E-state index contributed by atoms with van der Waals surface area (Å²) in [5.74, 6) is 0.551. The van der Waals surface area contributed by atoms with E-state index in [1.165, 1.54) is 12.7 Å². The van der Waals surface area contributed by atoms with Gasteiger partial charge in [-0.25, -0.2) is 4.79 Å². The molecule has 1 aromatic rings. The minimum absolute atomic E-state index is 0.161. The lowest BCUT2D eigenvalue weighted by Gasteiger charge is -2.26.